The molecule has 4 rings (SSSR count). The van der Waals surface area contributed by atoms with E-state index >= 15 is 0 Å². The first kappa shape index (κ1) is 20.6. The van der Waals surface area contributed by atoms with Crippen LogP contribution >= 0.6 is 11.3 Å². The third-order valence-electron chi connectivity index (χ3n) is 5.67. The zero-order chi connectivity index (χ0) is 21.1. The molecule has 0 atom stereocenters. The Hall–Kier alpha value is -2.71. The first-order valence-electron chi connectivity index (χ1n) is 10.1. The summed E-state index contributed by atoms with van der Waals surface area (Å²) >= 11 is 1.55. The normalized spacial score (nSPS) is 14.8. The molecule has 30 heavy (non-hydrogen) atoms. The van der Waals surface area contributed by atoms with Gasteiger partial charge in [-0.1, -0.05) is 0 Å². The smallest absolute Gasteiger partial charge is 0.253 e. The summed E-state index contributed by atoms with van der Waals surface area (Å²) in [6.45, 7) is 8.71. The molecule has 0 bridgehead atoms. The van der Waals surface area contributed by atoms with E-state index in [2.05, 4.69) is 28.8 Å². The van der Waals surface area contributed by atoms with Gasteiger partial charge in [-0.05, 0) is 38.1 Å². The topological polar surface area (TPSA) is 63.5 Å². The van der Waals surface area contributed by atoms with Gasteiger partial charge in [-0.25, -0.2) is 4.98 Å². The third kappa shape index (κ3) is 4.55. The highest BCUT2D eigenvalue weighted by Gasteiger charge is 2.23. The molecule has 2 aromatic heterocycles. The highest BCUT2D eigenvalue weighted by atomic mass is 32.1. The number of thiazole rings is 1. The minimum Gasteiger partial charge on any atom is -0.487 e. The maximum Gasteiger partial charge on any atom is 0.253 e. The fourth-order valence-electron chi connectivity index (χ4n) is 3.72. The van der Waals surface area contributed by atoms with Gasteiger partial charge < -0.3 is 9.64 Å². The van der Waals surface area contributed by atoms with Gasteiger partial charge >= 0.3 is 0 Å². The molecule has 1 aromatic carbocycles. The molecule has 0 aliphatic carbocycles. The number of aromatic nitrogens is 3. The second-order valence-corrected chi connectivity index (χ2v) is 8.35. The highest BCUT2D eigenvalue weighted by molar-refractivity contribution is 7.07. The van der Waals surface area contributed by atoms with Crippen molar-refractivity contribution in [2.75, 3.05) is 26.2 Å². The number of hydrogen-bond donors (Lipinski definition) is 0. The van der Waals surface area contributed by atoms with Crippen LogP contribution < -0.4 is 4.74 Å². The second kappa shape index (κ2) is 8.97. The molecule has 0 unspecified atom stereocenters. The molecule has 0 spiro atoms. The molecule has 0 saturated carbocycles. The maximum atomic E-state index is 12.9. The number of carbonyl (C=O) groups excluding carboxylic acids is 1. The quantitative estimate of drug-likeness (QED) is 0.607. The van der Waals surface area contributed by atoms with Crippen LogP contribution in [0, 0.1) is 13.8 Å². The Morgan fingerprint density at radius 1 is 1.13 bits per heavy atom. The summed E-state index contributed by atoms with van der Waals surface area (Å²) in [4.78, 5) is 21.4. The molecule has 0 radical (unpaired) electrons. The Balaban J connectivity index is 1.29. The SMILES string of the molecule is Cc1nn(C)c(C)c1CN1CCN(C(=O)c2ccc(OCc3cscn3)cc2)CC1. The van der Waals surface area contributed by atoms with Gasteiger partial charge in [0.1, 0.15) is 12.4 Å². The minimum atomic E-state index is 0.0782. The Kier molecular flexibility index (Phi) is 6.15. The van der Waals surface area contributed by atoms with E-state index in [1.54, 1.807) is 16.8 Å². The van der Waals surface area contributed by atoms with Gasteiger partial charge in [-0.2, -0.15) is 5.10 Å². The van der Waals surface area contributed by atoms with Crippen molar-refractivity contribution >= 4 is 17.2 Å². The lowest BCUT2D eigenvalue weighted by Gasteiger charge is -2.34. The van der Waals surface area contributed by atoms with E-state index in [1.165, 1.54) is 11.3 Å². The summed E-state index contributed by atoms with van der Waals surface area (Å²) in [6.07, 6.45) is 0. The van der Waals surface area contributed by atoms with Gasteiger partial charge in [0.2, 0.25) is 0 Å². The molecular weight excluding hydrogens is 398 g/mol. The van der Waals surface area contributed by atoms with Crippen molar-refractivity contribution in [3.05, 3.63) is 63.4 Å². The maximum absolute atomic E-state index is 12.9. The molecule has 3 heterocycles. The number of amides is 1. The highest BCUT2D eigenvalue weighted by Crippen LogP contribution is 2.18. The molecule has 7 nitrogen and oxygen atoms in total. The van der Waals surface area contributed by atoms with Crippen LogP contribution in [0.4, 0.5) is 0 Å². The summed E-state index contributed by atoms with van der Waals surface area (Å²) in [5.41, 5.74) is 7.00. The number of benzene rings is 1. The Morgan fingerprint density at radius 2 is 1.87 bits per heavy atom. The van der Waals surface area contributed by atoms with Crippen LogP contribution in [-0.4, -0.2) is 56.7 Å². The number of carbonyl (C=O) groups is 1. The largest absolute Gasteiger partial charge is 0.487 e. The number of ether oxygens (including phenoxy) is 1. The van der Waals surface area contributed by atoms with Crippen LogP contribution in [-0.2, 0) is 20.2 Å². The van der Waals surface area contributed by atoms with Crippen molar-refractivity contribution in [3.8, 4) is 5.75 Å². The standard InChI is InChI=1S/C22H27N5O2S/c1-16-21(17(2)25(3)24-16)12-26-8-10-27(11-9-26)22(28)18-4-6-20(7-5-18)29-13-19-14-30-15-23-19/h4-7,14-15H,8-13H2,1-3H3. The van der Waals surface area contributed by atoms with Gasteiger partial charge in [0, 0.05) is 62.0 Å². The van der Waals surface area contributed by atoms with E-state index in [1.807, 2.05) is 46.3 Å². The van der Waals surface area contributed by atoms with Crippen molar-refractivity contribution in [2.24, 2.45) is 7.05 Å². The van der Waals surface area contributed by atoms with Gasteiger partial charge in [-0.3, -0.25) is 14.4 Å². The average molecular weight is 426 g/mol. The summed E-state index contributed by atoms with van der Waals surface area (Å²) in [5.74, 6) is 0.820. The van der Waals surface area contributed by atoms with Gasteiger partial charge in [-0.15, -0.1) is 11.3 Å². The molecule has 0 N–H and O–H groups in total. The van der Waals surface area contributed by atoms with Gasteiger partial charge in [0.05, 0.1) is 16.9 Å². The van der Waals surface area contributed by atoms with E-state index in [0.717, 1.165) is 49.9 Å². The van der Waals surface area contributed by atoms with Crippen LogP contribution in [0.1, 0.15) is 33.0 Å². The molecule has 1 amide bonds. The Morgan fingerprint density at radius 3 is 2.47 bits per heavy atom. The van der Waals surface area contributed by atoms with Crippen LogP contribution in [0.5, 0.6) is 5.75 Å². The fraction of sp³-hybridized carbons (Fsp3) is 0.409. The van der Waals surface area contributed by atoms with Gasteiger partial charge in [0.25, 0.3) is 5.91 Å². The van der Waals surface area contributed by atoms with Gasteiger partial charge in [0.15, 0.2) is 0 Å². The van der Waals surface area contributed by atoms with Crippen molar-refractivity contribution in [3.63, 3.8) is 0 Å². The molecule has 158 valence electrons. The fourth-order valence-corrected chi connectivity index (χ4v) is 4.26. The van der Waals surface area contributed by atoms with Crippen LogP contribution in [0.3, 0.4) is 0 Å². The summed E-state index contributed by atoms with van der Waals surface area (Å²) < 4.78 is 7.67. The van der Waals surface area contributed by atoms with Crippen LogP contribution in [0.2, 0.25) is 0 Å². The van der Waals surface area contributed by atoms with Crippen molar-refractivity contribution < 1.29 is 9.53 Å². The lowest BCUT2D eigenvalue weighted by molar-refractivity contribution is 0.0628. The predicted molar refractivity (Wildman–Crippen MR) is 117 cm³/mol. The van der Waals surface area contributed by atoms with Crippen molar-refractivity contribution in [1.82, 2.24) is 24.6 Å². The predicted octanol–water partition coefficient (Wildman–Crippen LogP) is 3.03. The summed E-state index contributed by atoms with van der Waals surface area (Å²) in [7, 11) is 1.98. The average Bonchev–Trinajstić information content (AvgIpc) is 3.37. The Bertz CT molecular complexity index is 989. The summed E-state index contributed by atoms with van der Waals surface area (Å²) in [6, 6.07) is 7.38. The third-order valence-corrected chi connectivity index (χ3v) is 6.31. The minimum absolute atomic E-state index is 0.0782. The first-order valence-corrected chi connectivity index (χ1v) is 11.1. The van der Waals surface area contributed by atoms with Crippen molar-refractivity contribution in [1.29, 1.82) is 0 Å². The molecular formula is C22H27N5O2S. The van der Waals surface area contributed by atoms with E-state index < -0.39 is 0 Å². The molecule has 1 aliphatic heterocycles. The number of rotatable bonds is 6. The van der Waals surface area contributed by atoms with Crippen LogP contribution in [0.15, 0.2) is 35.2 Å². The zero-order valence-electron chi connectivity index (χ0n) is 17.7. The Labute approximate surface area is 180 Å². The number of nitrogens with zero attached hydrogens (tertiary/aromatic N) is 5. The van der Waals surface area contributed by atoms with E-state index in [9.17, 15) is 4.79 Å². The zero-order valence-corrected chi connectivity index (χ0v) is 18.5. The van der Waals surface area contributed by atoms with Crippen LogP contribution in [0.25, 0.3) is 0 Å². The lowest BCUT2D eigenvalue weighted by atomic mass is 10.1. The van der Waals surface area contributed by atoms with E-state index in [0.29, 0.717) is 12.2 Å². The molecule has 1 fully saturated rings. The second-order valence-electron chi connectivity index (χ2n) is 7.63. The molecule has 1 saturated heterocycles. The summed E-state index contributed by atoms with van der Waals surface area (Å²) in [5, 5.41) is 6.47. The first-order chi connectivity index (χ1) is 14.5. The number of aryl methyl sites for hydroxylation is 2. The molecule has 8 heteroatoms. The number of piperazine rings is 1. The van der Waals surface area contributed by atoms with Crippen molar-refractivity contribution in [2.45, 2.75) is 27.0 Å². The number of hydrogen-bond acceptors (Lipinski definition) is 6. The van der Waals surface area contributed by atoms with E-state index in [-0.39, 0.29) is 5.91 Å². The lowest BCUT2D eigenvalue weighted by Crippen LogP contribution is -2.48. The monoisotopic (exact) mass is 425 g/mol. The molecule has 3 aromatic rings. The van der Waals surface area contributed by atoms with E-state index in [4.69, 9.17) is 4.74 Å². The molecule has 1 aliphatic rings.